The summed E-state index contributed by atoms with van der Waals surface area (Å²) in [4.78, 5) is 11.8. The minimum atomic E-state index is -0.0462. The molecule has 1 fully saturated rings. The summed E-state index contributed by atoms with van der Waals surface area (Å²) in [5.74, 6) is 0.485. The van der Waals surface area contributed by atoms with Crippen LogP contribution in [0.4, 0.5) is 0 Å². The zero-order chi connectivity index (χ0) is 13.4. The predicted molar refractivity (Wildman–Crippen MR) is 74.2 cm³/mol. The van der Waals surface area contributed by atoms with Crippen LogP contribution in [0.15, 0.2) is 0 Å². The molecule has 0 radical (unpaired) electrons. The maximum atomic E-state index is 11.8. The summed E-state index contributed by atoms with van der Waals surface area (Å²) < 4.78 is 5.43. The number of ether oxygens (including phenoxy) is 1. The summed E-state index contributed by atoms with van der Waals surface area (Å²) in [6, 6.07) is 0. The molecule has 0 aliphatic heterocycles. The second-order valence-electron chi connectivity index (χ2n) is 5.83. The van der Waals surface area contributed by atoms with Gasteiger partial charge in [0.2, 0.25) is 0 Å². The molecule has 0 amide bonds. The van der Waals surface area contributed by atoms with Crippen LogP contribution in [-0.4, -0.2) is 19.1 Å². The molecule has 18 heavy (non-hydrogen) atoms. The molecule has 1 unspecified atom stereocenters. The van der Waals surface area contributed by atoms with Crippen molar-refractivity contribution in [1.29, 1.82) is 0 Å². The molecule has 3 nitrogen and oxygen atoms in total. The molecular weight excluding hydrogens is 226 g/mol. The summed E-state index contributed by atoms with van der Waals surface area (Å²) in [5.41, 5.74) is 5.83. The molecule has 0 aromatic rings. The molecule has 1 aliphatic carbocycles. The number of hydrogen-bond acceptors (Lipinski definition) is 3. The fraction of sp³-hybridized carbons (Fsp3) is 0.933. The van der Waals surface area contributed by atoms with Gasteiger partial charge in [0.25, 0.3) is 0 Å². The van der Waals surface area contributed by atoms with Gasteiger partial charge in [-0.1, -0.05) is 39.5 Å². The first kappa shape index (κ1) is 15.5. The van der Waals surface area contributed by atoms with Crippen molar-refractivity contribution >= 4 is 5.97 Å². The van der Waals surface area contributed by atoms with Crippen LogP contribution in [0.2, 0.25) is 0 Å². The van der Waals surface area contributed by atoms with E-state index in [9.17, 15) is 4.79 Å². The third-order valence-corrected chi connectivity index (χ3v) is 4.39. The maximum Gasteiger partial charge on any atom is 0.306 e. The summed E-state index contributed by atoms with van der Waals surface area (Å²) in [6.45, 7) is 5.58. The average molecular weight is 255 g/mol. The standard InChI is InChI=1S/C15H29NO2/c1-3-5-7-13(4-2)11-18-14(17)10-15(12-16)8-6-9-15/h13H,3-12,16H2,1-2H3. The van der Waals surface area contributed by atoms with Crippen molar-refractivity contribution in [2.45, 2.75) is 65.2 Å². The SMILES string of the molecule is CCCCC(CC)COC(=O)CC1(CN)CCC1. The zero-order valence-electron chi connectivity index (χ0n) is 12.0. The Morgan fingerprint density at radius 1 is 1.39 bits per heavy atom. The normalized spacial score (nSPS) is 19.1. The van der Waals surface area contributed by atoms with Crippen LogP contribution >= 0.6 is 0 Å². The maximum absolute atomic E-state index is 11.8. The van der Waals surface area contributed by atoms with Gasteiger partial charge in [-0.25, -0.2) is 0 Å². The van der Waals surface area contributed by atoms with Crippen LogP contribution in [0, 0.1) is 11.3 Å². The minimum Gasteiger partial charge on any atom is -0.465 e. The number of rotatable bonds is 9. The van der Waals surface area contributed by atoms with E-state index >= 15 is 0 Å². The number of nitrogens with two attached hydrogens (primary N) is 1. The van der Waals surface area contributed by atoms with Crippen molar-refractivity contribution in [3.05, 3.63) is 0 Å². The van der Waals surface area contributed by atoms with E-state index < -0.39 is 0 Å². The Balaban J connectivity index is 2.22. The van der Waals surface area contributed by atoms with E-state index in [-0.39, 0.29) is 11.4 Å². The molecule has 0 bridgehead atoms. The quantitative estimate of drug-likeness (QED) is 0.643. The molecule has 106 valence electrons. The molecular formula is C15H29NO2. The van der Waals surface area contributed by atoms with Gasteiger partial charge in [0.1, 0.15) is 0 Å². The van der Waals surface area contributed by atoms with Crippen LogP contribution in [0.1, 0.15) is 65.2 Å². The minimum absolute atomic E-state index is 0.0462. The molecule has 0 spiro atoms. The van der Waals surface area contributed by atoms with Crippen LogP contribution in [0.3, 0.4) is 0 Å². The number of carbonyl (C=O) groups is 1. The summed E-state index contributed by atoms with van der Waals surface area (Å²) in [7, 11) is 0. The van der Waals surface area contributed by atoms with Crippen molar-refractivity contribution in [3.63, 3.8) is 0 Å². The Hall–Kier alpha value is -0.570. The van der Waals surface area contributed by atoms with Crippen molar-refractivity contribution in [2.75, 3.05) is 13.2 Å². The van der Waals surface area contributed by atoms with Gasteiger partial charge >= 0.3 is 5.97 Å². The number of unbranched alkanes of at least 4 members (excludes halogenated alkanes) is 1. The Kier molecular flexibility index (Phi) is 6.69. The highest BCUT2D eigenvalue weighted by molar-refractivity contribution is 5.70. The number of hydrogen-bond donors (Lipinski definition) is 1. The third kappa shape index (κ3) is 4.60. The van der Waals surface area contributed by atoms with Gasteiger partial charge in [-0.2, -0.15) is 0 Å². The molecule has 1 atom stereocenters. The number of carbonyl (C=O) groups excluding carboxylic acids is 1. The first-order valence-corrected chi connectivity index (χ1v) is 7.51. The first-order valence-electron chi connectivity index (χ1n) is 7.51. The molecule has 0 aromatic heterocycles. The fourth-order valence-corrected chi connectivity index (χ4v) is 2.60. The molecule has 0 aromatic carbocycles. The van der Waals surface area contributed by atoms with E-state index in [0.717, 1.165) is 19.3 Å². The molecule has 0 heterocycles. The lowest BCUT2D eigenvalue weighted by molar-refractivity contribution is -0.149. The second kappa shape index (κ2) is 7.78. The van der Waals surface area contributed by atoms with Gasteiger partial charge in [-0.05, 0) is 37.1 Å². The second-order valence-corrected chi connectivity index (χ2v) is 5.83. The lowest BCUT2D eigenvalue weighted by atomic mass is 9.67. The molecule has 1 aliphatic rings. The lowest BCUT2D eigenvalue weighted by Gasteiger charge is -2.40. The molecule has 0 saturated heterocycles. The predicted octanol–water partition coefficient (Wildman–Crippen LogP) is 3.27. The third-order valence-electron chi connectivity index (χ3n) is 4.39. The summed E-state index contributed by atoms with van der Waals surface area (Å²) >= 11 is 0. The Labute approximate surface area is 111 Å². The van der Waals surface area contributed by atoms with E-state index in [0.29, 0.717) is 25.5 Å². The van der Waals surface area contributed by atoms with Crippen molar-refractivity contribution in [1.82, 2.24) is 0 Å². The highest BCUT2D eigenvalue weighted by Crippen LogP contribution is 2.43. The highest BCUT2D eigenvalue weighted by Gasteiger charge is 2.38. The van der Waals surface area contributed by atoms with Crippen LogP contribution < -0.4 is 5.73 Å². The summed E-state index contributed by atoms with van der Waals surface area (Å²) in [6.07, 6.45) is 8.60. The van der Waals surface area contributed by atoms with Gasteiger partial charge in [0.05, 0.1) is 13.0 Å². The summed E-state index contributed by atoms with van der Waals surface area (Å²) in [5, 5.41) is 0. The monoisotopic (exact) mass is 255 g/mol. The van der Waals surface area contributed by atoms with Crippen LogP contribution in [0.5, 0.6) is 0 Å². The van der Waals surface area contributed by atoms with Crippen molar-refractivity contribution in [2.24, 2.45) is 17.1 Å². The van der Waals surface area contributed by atoms with Gasteiger partial charge in [0.15, 0.2) is 0 Å². The largest absolute Gasteiger partial charge is 0.465 e. The highest BCUT2D eigenvalue weighted by atomic mass is 16.5. The van der Waals surface area contributed by atoms with Gasteiger partial charge in [-0.15, -0.1) is 0 Å². The lowest BCUT2D eigenvalue weighted by Crippen LogP contribution is -2.39. The Morgan fingerprint density at radius 3 is 2.56 bits per heavy atom. The van der Waals surface area contributed by atoms with Crippen molar-refractivity contribution in [3.8, 4) is 0 Å². The topological polar surface area (TPSA) is 52.3 Å². The van der Waals surface area contributed by atoms with E-state index in [4.69, 9.17) is 10.5 Å². The van der Waals surface area contributed by atoms with Crippen LogP contribution in [0.25, 0.3) is 0 Å². The van der Waals surface area contributed by atoms with Crippen molar-refractivity contribution < 1.29 is 9.53 Å². The van der Waals surface area contributed by atoms with Gasteiger partial charge < -0.3 is 10.5 Å². The van der Waals surface area contributed by atoms with Gasteiger partial charge in [-0.3, -0.25) is 4.79 Å². The smallest absolute Gasteiger partial charge is 0.306 e. The molecule has 2 N–H and O–H groups in total. The molecule has 3 heteroatoms. The fourth-order valence-electron chi connectivity index (χ4n) is 2.60. The average Bonchev–Trinajstić information content (AvgIpc) is 2.34. The Morgan fingerprint density at radius 2 is 2.11 bits per heavy atom. The Bertz CT molecular complexity index is 243. The first-order chi connectivity index (χ1) is 8.65. The zero-order valence-corrected chi connectivity index (χ0v) is 12.0. The number of esters is 1. The van der Waals surface area contributed by atoms with E-state index in [1.807, 2.05) is 0 Å². The van der Waals surface area contributed by atoms with Gasteiger partial charge in [0, 0.05) is 0 Å². The van der Waals surface area contributed by atoms with E-state index in [2.05, 4.69) is 13.8 Å². The van der Waals surface area contributed by atoms with E-state index in [1.165, 1.54) is 25.7 Å². The van der Waals surface area contributed by atoms with Crippen LogP contribution in [-0.2, 0) is 9.53 Å². The molecule has 1 saturated carbocycles. The molecule has 1 rings (SSSR count). The van der Waals surface area contributed by atoms with E-state index in [1.54, 1.807) is 0 Å².